The van der Waals surface area contributed by atoms with Gasteiger partial charge in [-0.25, -0.2) is 4.79 Å². The van der Waals surface area contributed by atoms with Crippen LogP contribution in [0.1, 0.15) is 26.2 Å². The van der Waals surface area contributed by atoms with E-state index >= 15 is 0 Å². The summed E-state index contributed by atoms with van der Waals surface area (Å²) >= 11 is 0. The third-order valence-electron chi connectivity index (χ3n) is 2.30. The Kier molecular flexibility index (Phi) is 3.80. The van der Waals surface area contributed by atoms with Crippen LogP contribution in [0.2, 0.25) is 0 Å². The minimum atomic E-state index is -3.33. The van der Waals surface area contributed by atoms with Crippen LogP contribution in [0, 0.1) is 0 Å². The van der Waals surface area contributed by atoms with E-state index in [1.807, 2.05) is 0 Å². The molecular weight excluding hydrogens is 192 g/mol. The molecule has 0 aromatic heterocycles. The van der Waals surface area contributed by atoms with Crippen molar-refractivity contribution in [3.8, 4) is 0 Å². The van der Waals surface area contributed by atoms with Crippen LogP contribution in [0.3, 0.4) is 0 Å². The van der Waals surface area contributed by atoms with Crippen LogP contribution >= 0.6 is 0 Å². The Hall–Kier alpha value is -0.710. The first kappa shape index (κ1) is 11.4. The summed E-state index contributed by atoms with van der Waals surface area (Å²) in [6.45, 7) is 2.70. The van der Waals surface area contributed by atoms with Crippen molar-refractivity contribution in [3.63, 3.8) is 0 Å². The average molecular weight is 207 g/mol. The maximum absolute atomic E-state index is 12.8. The number of ether oxygens (including phenoxy) is 1. The molecule has 0 radical (unpaired) electrons. The molecule has 0 bridgehead atoms. The smallest absolute Gasteiger partial charge is 0.377 e. The second kappa shape index (κ2) is 4.68. The van der Waals surface area contributed by atoms with Crippen LogP contribution in [-0.4, -0.2) is 31.1 Å². The van der Waals surface area contributed by atoms with Crippen LogP contribution in [0.5, 0.6) is 0 Å². The molecule has 1 rings (SSSR count). The van der Waals surface area contributed by atoms with Gasteiger partial charge in [0.2, 0.25) is 0 Å². The maximum Gasteiger partial charge on any atom is 0.377 e. The zero-order valence-corrected chi connectivity index (χ0v) is 8.19. The molecule has 0 saturated carbocycles. The SMILES string of the molecule is CCC(F)(F)C(=O)OC1CCNCC1. The summed E-state index contributed by atoms with van der Waals surface area (Å²) in [6.07, 6.45) is 0.384. The standard InChI is InChI=1S/C9H15F2NO2/c1-2-9(10,11)8(13)14-7-3-5-12-6-4-7/h7,12H,2-6H2,1H3. The zero-order chi connectivity index (χ0) is 10.6. The Labute approximate surface area is 81.8 Å². The van der Waals surface area contributed by atoms with E-state index in [1.165, 1.54) is 6.92 Å². The summed E-state index contributed by atoms with van der Waals surface area (Å²) in [7, 11) is 0. The minimum absolute atomic E-state index is 0.346. The molecule has 0 aliphatic carbocycles. The molecule has 82 valence electrons. The van der Waals surface area contributed by atoms with Crippen molar-refractivity contribution in [1.29, 1.82) is 0 Å². The van der Waals surface area contributed by atoms with Gasteiger partial charge in [-0.2, -0.15) is 8.78 Å². The summed E-state index contributed by atoms with van der Waals surface area (Å²) in [6, 6.07) is 0. The number of halogens is 2. The quantitative estimate of drug-likeness (QED) is 0.709. The second-order valence-corrected chi connectivity index (χ2v) is 3.41. The summed E-state index contributed by atoms with van der Waals surface area (Å²) in [5.41, 5.74) is 0. The molecule has 14 heavy (non-hydrogen) atoms. The molecule has 1 N–H and O–H groups in total. The van der Waals surface area contributed by atoms with Crippen molar-refractivity contribution in [3.05, 3.63) is 0 Å². The highest BCUT2D eigenvalue weighted by Crippen LogP contribution is 2.21. The molecule has 0 spiro atoms. The van der Waals surface area contributed by atoms with Crippen molar-refractivity contribution in [1.82, 2.24) is 5.32 Å². The molecule has 1 aliphatic rings. The molecule has 0 aromatic carbocycles. The molecular formula is C9H15F2NO2. The average Bonchev–Trinajstić information content (AvgIpc) is 2.19. The first-order chi connectivity index (χ1) is 6.56. The van der Waals surface area contributed by atoms with Crippen LogP contribution < -0.4 is 5.32 Å². The van der Waals surface area contributed by atoms with E-state index in [0.717, 1.165) is 13.1 Å². The van der Waals surface area contributed by atoms with Gasteiger partial charge in [0.15, 0.2) is 0 Å². The van der Waals surface area contributed by atoms with Gasteiger partial charge in [0.25, 0.3) is 0 Å². The Balaban J connectivity index is 2.39. The first-order valence-electron chi connectivity index (χ1n) is 4.86. The van der Waals surface area contributed by atoms with E-state index in [1.54, 1.807) is 0 Å². The monoisotopic (exact) mass is 207 g/mol. The molecule has 0 unspecified atom stereocenters. The lowest BCUT2D eigenvalue weighted by Crippen LogP contribution is -2.38. The molecule has 0 atom stereocenters. The Morgan fingerprint density at radius 2 is 2.07 bits per heavy atom. The van der Waals surface area contributed by atoms with E-state index in [0.29, 0.717) is 12.8 Å². The van der Waals surface area contributed by atoms with Crippen LogP contribution in [-0.2, 0) is 9.53 Å². The number of alkyl halides is 2. The number of hydrogen-bond donors (Lipinski definition) is 1. The summed E-state index contributed by atoms with van der Waals surface area (Å²) in [5.74, 6) is -4.71. The summed E-state index contributed by atoms with van der Waals surface area (Å²) in [5, 5.41) is 3.06. The molecule has 3 nitrogen and oxygen atoms in total. The molecule has 1 fully saturated rings. The molecule has 1 aliphatic heterocycles. The topological polar surface area (TPSA) is 38.3 Å². The largest absolute Gasteiger partial charge is 0.458 e. The van der Waals surface area contributed by atoms with E-state index in [4.69, 9.17) is 4.74 Å². The van der Waals surface area contributed by atoms with Crippen LogP contribution in [0.4, 0.5) is 8.78 Å². The lowest BCUT2D eigenvalue weighted by Gasteiger charge is -2.24. The Bertz CT molecular complexity index is 203. The van der Waals surface area contributed by atoms with Crippen molar-refractivity contribution in [2.45, 2.75) is 38.2 Å². The Morgan fingerprint density at radius 1 is 1.50 bits per heavy atom. The van der Waals surface area contributed by atoms with Gasteiger partial charge in [0, 0.05) is 6.42 Å². The molecule has 0 amide bonds. The Morgan fingerprint density at radius 3 is 2.57 bits per heavy atom. The van der Waals surface area contributed by atoms with E-state index < -0.39 is 18.3 Å². The van der Waals surface area contributed by atoms with E-state index in [2.05, 4.69) is 5.32 Å². The van der Waals surface area contributed by atoms with Gasteiger partial charge in [-0.3, -0.25) is 0 Å². The van der Waals surface area contributed by atoms with Crippen LogP contribution in [0.25, 0.3) is 0 Å². The minimum Gasteiger partial charge on any atom is -0.458 e. The van der Waals surface area contributed by atoms with E-state index in [-0.39, 0.29) is 6.10 Å². The fourth-order valence-electron chi connectivity index (χ4n) is 1.30. The van der Waals surface area contributed by atoms with Gasteiger partial charge in [-0.1, -0.05) is 6.92 Å². The number of hydrogen-bond acceptors (Lipinski definition) is 3. The molecule has 0 aromatic rings. The zero-order valence-electron chi connectivity index (χ0n) is 8.19. The highest BCUT2D eigenvalue weighted by molar-refractivity contribution is 5.77. The lowest BCUT2D eigenvalue weighted by molar-refractivity contribution is -0.179. The number of esters is 1. The fourth-order valence-corrected chi connectivity index (χ4v) is 1.30. The van der Waals surface area contributed by atoms with Gasteiger partial charge in [-0.05, 0) is 25.9 Å². The lowest BCUT2D eigenvalue weighted by atomic mass is 10.1. The fraction of sp³-hybridized carbons (Fsp3) is 0.889. The first-order valence-corrected chi connectivity index (χ1v) is 4.86. The van der Waals surface area contributed by atoms with Gasteiger partial charge < -0.3 is 10.1 Å². The summed E-state index contributed by atoms with van der Waals surface area (Å²) < 4.78 is 30.3. The number of piperidine rings is 1. The highest BCUT2D eigenvalue weighted by Gasteiger charge is 2.39. The third kappa shape index (κ3) is 2.90. The molecule has 5 heteroatoms. The number of carbonyl (C=O) groups excluding carboxylic acids is 1. The molecule has 1 heterocycles. The van der Waals surface area contributed by atoms with Crippen molar-refractivity contribution < 1.29 is 18.3 Å². The second-order valence-electron chi connectivity index (χ2n) is 3.41. The van der Waals surface area contributed by atoms with Crippen molar-refractivity contribution in [2.24, 2.45) is 0 Å². The molecule has 1 saturated heterocycles. The third-order valence-corrected chi connectivity index (χ3v) is 2.30. The van der Waals surface area contributed by atoms with Crippen LogP contribution in [0.15, 0.2) is 0 Å². The van der Waals surface area contributed by atoms with Crippen molar-refractivity contribution in [2.75, 3.05) is 13.1 Å². The van der Waals surface area contributed by atoms with Gasteiger partial charge in [0.1, 0.15) is 6.10 Å². The normalized spacial score (nSPS) is 19.4. The number of carbonyl (C=O) groups is 1. The predicted molar refractivity (Wildman–Crippen MR) is 47.2 cm³/mol. The predicted octanol–water partition coefficient (Wildman–Crippen LogP) is 1.33. The van der Waals surface area contributed by atoms with Gasteiger partial charge in [0.05, 0.1) is 0 Å². The van der Waals surface area contributed by atoms with E-state index in [9.17, 15) is 13.6 Å². The number of rotatable bonds is 3. The maximum atomic E-state index is 12.8. The highest BCUT2D eigenvalue weighted by atomic mass is 19.3. The number of nitrogens with one attached hydrogen (secondary N) is 1. The van der Waals surface area contributed by atoms with Crippen molar-refractivity contribution >= 4 is 5.97 Å². The van der Waals surface area contributed by atoms with Gasteiger partial charge in [-0.15, -0.1) is 0 Å². The van der Waals surface area contributed by atoms with Gasteiger partial charge >= 0.3 is 11.9 Å². The summed E-state index contributed by atoms with van der Waals surface area (Å²) in [4.78, 5) is 11.0.